The van der Waals surface area contributed by atoms with Crippen LogP contribution in [0.2, 0.25) is 10.2 Å². The van der Waals surface area contributed by atoms with Gasteiger partial charge in [0.2, 0.25) is 0 Å². The molecule has 0 saturated carbocycles. The van der Waals surface area contributed by atoms with Crippen molar-refractivity contribution in [3.8, 4) is 0 Å². The van der Waals surface area contributed by atoms with E-state index in [1.54, 1.807) is 0 Å². The second kappa shape index (κ2) is 11.1. The molecule has 1 fully saturated rings. The lowest BCUT2D eigenvalue weighted by molar-refractivity contribution is 0.752. The smallest absolute Gasteiger partial charge is 0.191 e. The Morgan fingerprint density at radius 1 is 1.21 bits per heavy atom. The Hall–Kier alpha value is -1.19. The van der Waals surface area contributed by atoms with Gasteiger partial charge in [-0.2, -0.15) is 0 Å². The molecule has 0 spiro atoms. The lowest BCUT2D eigenvalue weighted by atomic mass is 10.2. The standard InChI is InChI=1S/C19H26Cl2N6.HI/c1-3-22-19(25-13-15-11-16(20)18(21)26(15)2)24-12-14-6-7-23-17(10-14)27-8-4-5-9-27;/h6-7,10-11H,3-5,8-9,12-13H2,1-2H3,(H2,22,24,25);1H. The van der Waals surface area contributed by atoms with Crippen molar-refractivity contribution < 1.29 is 0 Å². The fourth-order valence-electron chi connectivity index (χ4n) is 3.12. The second-order valence-corrected chi connectivity index (χ2v) is 7.36. The molecule has 2 N–H and O–H groups in total. The van der Waals surface area contributed by atoms with Gasteiger partial charge >= 0.3 is 0 Å². The third kappa shape index (κ3) is 5.90. The van der Waals surface area contributed by atoms with Crippen molar-refractivity contribution in [1.29, 1.82) is 0 Å². The normalized spacial score (nSPS) is 14.1. The first-order valence-electron chi connectivity index (χ1n) is 9.30. The topological polar surface area (TPSA) is 57.5 Å². The molecule has 9 heteroatoms. The molecule has 6 nitrogen and oxygen atoms in total. The summed E-state index contributed by atoms with van der Waals surface area (Å²) in [7, 11) is 1.89. The highest BCUT2D eigenvalue weighted by Crippen LogP contribution is 2.25. The fourth-order valence-corrected chi connectivity index (χ4v) is 3.54. The maximum atomic E-state index is 6.13. The minimum atomic E-state index is 0. The molecule has 3 heterocycles. The summed E-state index contributed by atoms with van der Waals surface area (Å²) in [6.07, 6.45) is 4.35. The van der Waals surface area contributed by atoms with Crippen molar-refractivity contribution in [2.24, 2.45) is 12.0 Å². The van der Waals surface area contributed by atoms with Gasteiger partial charge in [-0.05, 0) is 43.5 Å². The molecule has 3 rings (SSSR count). The van der Waals surface area contributed by atoms with Crippen molar-refractivity contribution in [2.75, 3.05) is 24.5 Å². The molecule has 2 aromatic rings. The van der Waals surface area contributed by atoms with Gasteiger partial charge in [-0.3, -0.25) is 0 Å². The largest absolute Gasteiger partial charge is 0.357 e. The van der Waals surface area contributed by atoms with Crippen LogP contribution in [0.5, 0.6) is 0 Å². The molecule has 0 amide bonds. The van der Waals surface area contributed by atoms with Gasteiger partial charge in [-0.25, -0.2) is 9.98 Å². The number of nitrogens with zero attached hydrogens (tertiary/aromatic N) is 4. The van der Waals surface area contributed by atoms with E-state index >= 15 is 0 Å². The third-order valence-corrected chi connectivity index (χ3v) is 5.50. The molecule has 28 heavy (non-hydrogen) atoms. The quantitative estimate of drug-likeness (QED) is 0.330. The molecule has 1 aliphatic rings. The van der Waals surface area contributed by atoms with Crippen molar-refractivity contribution in [3.63, 3.8) is 0 Å². The number of aromatic nitrogens is 2. The summed E-state index contributed by atoms with van der Waals surface area (Å²) in [5, 5.41) is 7.71. The van der Waals surface area contributed by atoms with Crippen LogP contribution in [0.25, 0.3) is 0 Å². The first-order valence-corrected chi connectivity index (χ1v) is 10.1. The van der Waals surface area contributed by atoms with Crippen molar-refractivity contribution >= 4 is 59.0 Å². The molecule has 0 bridgehead atoms. The zero-order chi connectivity index (χ0) is 19.2. The van der Waals surface area contributed by atoms with E-state index in [1.165, 1.54) is 12.8 Å². The number of hydrogen-bond acceptors (Lipinski definition) is 3. The van der Waals surface area contributed by atoms with E-state index in [-0.39, 0.29) is 24.0 Å². The lowest BCUT2D eigenvalue weighted by Gasteiger charge is -2.16. The van der Waals surface area contributed by atoms with Crippen LogP contribution < -0.4 is 15.5 Å². The molecular weight excluding hydrogens is 510 g/mol. The Balaban J connectivity index is 0.00000280. The average Bonchev–Trinajstić information content (AvgIpc) is 3.29. The highest BCUT2D eigenvalue weighted by atomic mass is 127. The fraction of sp³-hybridized carbons (Fsp3) is 0.474. The van der Waals surface area contributed by atoms with E-state index in [9.17, 15) is 0 Å². The maximum Gasteiger partial charge on any atom is 0.191 e. The Kier molecular flexibility index (Phi) is 9.17. The average molecular weight is 537 g/mol. The first kappa shape index (κ1) is 23.1. The number of pyridine rings is 1. The maximum absolute atomic E-state index is 6.13. The van der Waals surface area contributed by atoms with Crippen LogP contribution in [0, 0.1) is 0 Å². The summed E-state index contributed by atoms with van der Waals surface area (Å²) in [5.74, 6) is 1.80. The van der Waals surface area contributed by atoms with Crippen LogP contribution in [-0.4, -0.2) is 35.1 Å². The predicted octanol–water partition coefficient (Wildman–Crippen LogP) is 4.20. The molecule has 0 radical (unpaired) electrons. The molecule has 0 atom stereocenters. The Morgan fingerprint density at radius 2 is 1.96 bits per heavy atom. The second-order valence-electron chi connectivity index (χ2n) is 6.60. The van der Waals surface area contributed by atoms with Crippen LogP contribution >= 0.6 is 47.2 Å². The minimum absolute atomic E-state index is 0. The number of rotatable bonds is 6. The van der Waals surface area contributed by atoms with Gasteiger partial charge < -0.3 is 20.1 Å². The number of anilines is 1. The summed E-state index contributed by atoms with van der Waals surface area (Å²) in [6, 6.07) is 6.02. The van der Waals surface area contributed by atoms with Crippen LogP contribution in [-0.2, 0) is 20.1 Å². The monoisotopic (exact) mass is 536 g/mol. The van der Waals surface area contributed by atoms with Gasteiger partial charge in [0, 0.05) is 38.6 Å². The van der Waals surface area contributed by atoms with Crippen LogP contribution in [0.15, 0.2) is 29.4 Å². The zero-order valence-corrected chi connectivity index (χ0v) is 20.1. The summed E-state index contributed by atoms with van der Waals surface area (Å²) in [5.41, 5.74) is 2.14. The summed E-state index contributed by atoms with van der Waals surface area (Å²) in [4.78, 5) is 11.5. The molecule has 154 valence electrons. The number of aliphatic imine (C=N–C) groups is 1. The van der Waals surface area contributed by atoms with Gasteiger partial charge in [0.1, 0.15) is 11.0 Å². The van der Waals surface area contributed by atoms with E-state index in [0.717, 1.165) is 42.7 Å². The Morgan fingerprint density at radius 3 is 2.61 bits per heavy atom. The van der Waals surface area contributed by atoms with Crippen molar-refractivity contribution in [2.45, 2.75) is 32.9 Å². The van der Waals surface area contributed by atoms with E-state index < -0.39 is 0 Å². The number of guanidine groups is 1. The van der Waals surface area contributed by atoms with E-state index in [0.29, 0.717) is 23.3 Å². The molecule has 0 aromatic carbocycles. The number of halogens is 3. The molecule has 0 aliphatic carbocycles. The zero-order valence-electron chi connectivity index (χ0n) is 16.2. The van der Waals surface area contributed by atoms with Gasteiger partial charge in [-0.15, -0.1) is 24.0 Å². The molecule has 2 aromatic heterocycles. The molecule has 0 unspecified atom stereocenters. The third-order valence-electron chi connectivity index (χ3n) is 4.66. The molecule has 1 saturated heterocycles. The Bertz CT molecular complexity index is 802. The van der Waals surface area contributed by atoms with E-state index in [1.807, 2.05) is 36.9 Å². The van der Waals surface area contributed by atoms with Gasteiger partial charge in [0.25, 0.3) is 0 Å². The number of hydrogen-bond donors (Lipinski definition) is 2. The minimum Gasteiger partial charge on any atom is -0.357 e. The molecular formula is C19H27Cl2IN6. The predicted molar refractivity (Wildman–Crippen MR) is 128 cm³/mol. The van der Waals surface area contributed by atoms with E-state index in [4.69, 9.17) is 28.2 Å². The summed E-state index contributed by atoms with van der Waals surface area (Å²) < 4.78 is 1.87. The summed E-state index contributed by atoms with van der Waals surface area (Å²) in [6.45, 7) is 6.19. The van der Waals surface area contributed by atoms with E-state index in [2.05, 4.69) is 26.6 Å². The van der Waals surface area contributed by atoms with Crippen molar-refractivity contribution in [1.82, 2.24) is 20.2 Å². The summed E-state index contributed by atoms with van der Waals surface area (Å²) >= 11 is 12.2. The van der Waals surface area contributed by atoms with Gasteiger partial charge in [0.15, 0.2) is 5.96 Å². The highest BCUT2D eigenvalue weighted by Gasteiger charge is 2.13. The molecule has 1 aliphatic heterocycles. The first-order chi connectivity index (χ1) is 13.1. The van der Waals surface area contributed by atoms with Crippen LogP contribution in [0.1, 0.15) is 31.0 Å². The number of nitrogens with one attached hydrogen (secondary N) is 2. The highest BCUT2D eigenvalue weighted by molar-refractivity contribution is 14.0. The van der Waals surface area contributed by atoms with Gasteiger partial charge in [-0.1, -0.05) is 23.2 Å². The van der Waals surface area contributed by atoms with Gasteiger partial charge in [0.05, 0.1) is 18.1 Å². The van der Waals surface area contributed by atoms with Crippen molar-refractivity contribution in [3.05, 3.63) is 45.8 Å². The SMILES string of the molecule is CCNC(=NCc1ccnc(N2CCCC2)c1)NCc1cc(Cl)c(Cl)n1C.I. The Labute approximate surface area is 193 Å². The van der Waals surface area contributed by atoms with Crippen LogP contribution in [0.3, 0.4) is 0 Å². The lowest BCUT2D eigenvalue weighted by Crippen LogP contribution is -2.37. The van der Waals surface area contributed by atoms with Crippen LogP contribution in [0.4, 0.5) is 5.82 Å².